The molecule has 0 saturated heterocycles. The summed E-state index contributed by atoms with van der Waals surface area (Å²) in [6.45, 7) is 2.03. The van der Waals surface area contributed by atoms with Gasteiger partial charge in [0.15, 0.2) is 0 Å². The van der Waals surface area contributed by atoms with E-state index >= 15 is 0 Å². The normalized spacial score (nSPS) is 11.2. The van der Waals surface area contributed by atoms with Crippen LogP contribution in [0.25, 0.3) is 0 Å². The first-order valence-corrected chi connectivity index (χ1v) is 12.9. The molecule has 0 saturated carbocycles. The van der Waals surface area contributed by atoms with Crippen molar-refractivity contribution in [1.29, 1.82) is 0 Å². The van der Waals surface area contributed by atoms with Crippen molar-refractivity contribution in [2.24, 2.45) is 0 Å². The number of sulfonamides is 1. The van der Waals surface area contributed by atoms with E-state index in [0.717, 1.165) is 19.2 Å². The zero-order valence-electron chi connectivity index (χ0n) is 17.0. The van der Waals surface area contributed by atoms with Gasteiger partial charge in [0.2, 0.25) is 5.91 Å². The molecule has 1 N–H and O–H groups in total. The summed E-state index contributed by atoms with van der Waals surface area (Å²) in [6.07, 6.45) is 0. The van der Waals surface area contributed by atoms with Crippen molar-refractivity contribution in [3.8, 4) is 0 Å². The lowest BCUT2D eigenvalue weighted by atomic mass is 10.2. The molecule has 0 aromatic heterocycles. The minimum Gasteiger partial charge on any atom is -0.354 e. The number of halogens is 1. The Balaban J connectivity index is 1.72. The third kappa shape index (κ3) is 6.59. The Morgan fingerprint density at radius 2 is 1.71 bits per heavy atom. The Hall–Kier alpha value is -2.29. The molecule has 162 valence electrons. The molecule has 0 bridgehead atoms. The van der Waals surface area contributed by atoms with Crippen molar-refractivity contribution in [2.45, 2.75) is 16.7 Å². The minimum absolute atomic E-state index is 0.144. The third-order valence-electron chi connectivity index (χ3n) is 4.43. The molecule has 1 amide bonds. The molecule has 5 nitrogen and oxygen atoms in total. The van der Waals surface area contributed by atoms with Crippen LogP contribution < -0.4 is 9.62 Å². The molecule has 0 heterocycles. The first kappa shape index (κ1) is 23.4. The van der Waals surface area contributed by atoms with E-state index in [2.05, 4.69) is 21.2 Å². The summed E-state index contributed by atoms with van der Waals surface area (Å²) in [5.41, 5.74) is 1.38. The molecular weight excluding hydrogens is 496 g/mol. The van der Waals surface area contributed by atoms with E-state index in [4.69, 9.17) is 0 Å². The van der Waals surface area contributed by atoms with Crippen molar-refractivity contribution >= 4 is 49.3 Å². The number of anilines is 1. The van der Waals surface area contributed by atoms with Crippen LogP contribution in [0, 0.1) is 6.92 Å². The lowest BCUT2D eigenvalue weighted by molar-refractivity contribution is -0.119. The number of benzene rings is 3. The van der Waals surface area contributed by atoms with Crippen LogP contribution in [0.15, 0.2) is 93.1 Å². The maximum Gasteiger partial charge on any atom is 0.264 e. The van der Waals surface area contributed by atoms with Crippen LogP contribution in [-0.4, -0.2) is 33.2 Å². The summed E-state index contributed by atoms with van der Waals surface area (Å²) in [4.78, 5) is 13.9. The number of rotatable bonds is 9. The van der Waals surface area contributed by atoms with Crippen molar-refractivity contribution in [1.82, 2.24) is 5.32 Å². The summed E-state index contributed by atoms with van der Waals surface area (Å²) >= 11 is 5.01. The average molecular weight is 519 g/mol. The molecule has 0 aliphatic rings. The Morgan fingerprint density at radius 1 is 1.00 bits per heavy atom. The number of nitrogens with one attached hydrogen (secondary N) is 1. The minimum atomic E-state index is -3.91. The number of hydrogen-bond acceptors (Lipinski definition) is 4. The number of nitrogens with zero attached hydrogens (tertiary/aromatic N) is 1. The molecule has 0 aliphatic carbocycles. The van der Waals surface area contributed by atoms with Gasteiger partial charge in [-0.1, -0.05) is 57.9 Å². The second-order valence-electron chi connectivity index (χ2n) is 6.82. The quantitative estimate of drug-likeness (QED) is 0.324. The fraction of sp³-hybridized carbons (Fsp3) is 0.174. The first-order valence-electron chi connectivity index (χ1n) is 9.66. The summed E-state index contributed by atoms with van der Waals surface area (Å²) in [5, 5.41) is 2.82. The molecule has 0 aliphatic heterocycles. The van der Waals surface area contributed by atoms with Gasteiger partial charge in [-0.05, 0) is 49.4 Å². The number of carbonyl (C=O) groups is 1. The third-order valence-corrected chi connectivity index (χ3v) is 7.72. The number of carbonyl (C=O) groups excluding carboxylic acids is 1. The Labute approximate surface area is 196 Å². The fourth-order valence-corrected chi connectivity index (χ4v) is 5.44. The lowest BCUT2D eigenvalue weighted by Gasteiger charge is -2.24. The molecule has 0 radical (unpaired) electrons. The average Bonchev–Trinajstić information content (AvgIpc) is 2.76. The molecule has 3 rings (SSSR count). The first-order chi connectivity index (χ1) is 14.9. The molecule has 0 spiro atoms. The maximum absolute atomic E-state index is 13.3. The van der Waals surface area contributed by atoms with Gasteiger partial charge < -0.3 is 5.32 Å². The molecule has 0 unspecified atom stereocenters. The Kier molecular flexibility index (Phi) is 8.17. The highest BCUT2D eigenvalue weighted by atomic mass is 79.9. The van der Waals surface area contributed by atoms with Crippen LogP contribution in [0.5, 0.6) is 0 Å². The summed E-state index contributed by atoms with van der Waals surface area (Å²) in [5.74, 6) is 0.335. The lowest BCUT2D eigenvalue weighted by Crippen LogP contribution is -2.41. The van der Waals surface area contributed by atoms with Crippen molar-refractivity contribution < 1.29 is 13.2 Å². The van der Waals surface area contributed by atoms with E-state index in [9.17, 15) is 13.2 Å². The standard InChI is InChI=1S/C23H23BrN2O3S2/c1-18-10-12-22(13-11-18)31(28,29)26(20-7-5-6-19(24)16-20)17-23(27)25-14-15-30-21-8-3-2-4-9-21/h2-13,16H,14-15,17H2,1H3,(H,25,27). The molecule has 0 fully saturated rings. The van der Waals surface area contributed by atoms with Crippen LogP contribution in [0.4, 0.5) is 5.69 Å². The van der Waals surface area contributed by atoms with Gasteiger partial charge in [0, 0.05) is 21.7 Å². The van der Waals surface area contributed by atoms with Crippen LogP contribution >= 0.6 is 27.7 Å². The van der Waals surface area contributed by atoms with Crippen molar-refractivity contribution in [2.75, 3.05) is 23.1 Å². The summed E-state index contributed by atoms with van der Waals surface area (Å²) in [7, 11) is -3.91. The highest BCUT2D eigenvalue weighted by Gasteiger charge is 2.27. The zero-order chi connectivity index (χ0) is 22.3. The van der Waals surface area contributed by atoms with Crippen molar-refractivity contribution in [3.05, 3.63) is 88.9 Å². The van der Waals surface area contributed by atoms with Gasteiger partial charge in [0.05, 0.1) is 10.6 Å². The number of amides is 1. The zero-order valence-corrected chi connectivity index (χ0v) is 20.2. The monoisotopic (exact) mass is 518 g/mol. The topological polar surface area (TPSA) is 66.5 Å². The smallest absolute Gasteiger partial charge is 0.264 e. The van der Waals surface area contributed by atoms with E-state index in [-0.39, 0.29) is 17.3 Å². The molecule has 3 aromatic carbocycles. The SMILES string of the molecule is Cc1ccc(S(=O)(=O)N(CC(=O)NCCSc2ccccc2)c2cccc(Br)c2)cc1. The highest BCUT2D eigenvalue weighted by Crippen LogP contribution is 2.26. The predicted octanol–water partition coefficient (Wildman–Crippen LogP) is 4.86. The molecule has 8 heteroatoms. The second kappa shape index (κ2) is 10.8. The van der Waals surface area contributed by atoms with E-state index in [1.54, 1.807) is 60.3 Å². The number of aryl methyl sites for hydroxylation is 1. The van der Waals surface area contributed by atoms with Gasteiger partial charge in [0.25, 0.3) is 10.0 Å². The van der Waals surface area contributed by atoms with E-state index < -0.39 is 10.0 Å². The summed E-state index contributed by atoms with van der Waals surface area (Å²) < 4.78 is 28.5. The van der Waals surface area contributed by atoms with Gasteiger partial charge >= 0.3 is 0 Å². The van der Waals surface area contributed by atoms with Crippen LogP contribution in [0.3, 0.4) is 0 Å². The maximum atomic E-state index is 13.3. The second-order valence-corrected chi connectivity index (χ2v) is 10.8. The number of hydrogen-bond donors (Lipinski definition) is 1. The van der Waals surface area contributed by atoms with E-state index in [1.165, 1.54) is 0 Å². The van der Waals surface area contributed by atoms with Crippen molar-refractivity contribution in [3.63, 3.8) is 0 Å². The van der Waals surface area contributed by atoms with Gasteiger partial charge in [-0.15, -0.1) is 11.8 Å². The van der Waals surface area contributed by atoms with Gasteiger partial charge in [-0.2, -0.15) is 0 Å². The largest absolute Gasteiger partial charge is 0.354 e. The van der Waals surface area contributed by atoms with E-state index in [0.29, 0.717) is 18.0 Å². The molecule has 0 atom stereocenters. The van der Waals surface area contributed by atoms with Gasteiger partial charge in [-0.25, -0.2) is 8.42 Å². The predicted molar refractivity (Wildman–Crippen MR) is 130 cm³/mol. The molecule has 3 aromatic rings. The fourth-order valence-electron chi connectivity index (χ4n) is 2.85. The van der Waals surface area contributed by atoms with Gasteiger partial charge in [0.1, 0.15) is 6.54 Å². The summed E-state index contributed by atoms with van der Waals surface area (Å²) in [6, 6.07) is 23.4. The Bertz CT molecular complexity index is 1120. The van der Waals surface area contributed by atoms with Gasteiger partial charge in [-0.3, -0.25) is 9.10 Å². The van der Waals surface area contributed by atoms with Crippen LogP contribution in [0.1, 0.15) is 5.56 Å². The number of thioether (sulfide) groups is 1. The Morgan fingerprint density at radius 3 is 2.39 bits per heavy atom. The van der Waals surface area contributed by atoms with Crippen LogP contribution in [-0.2, 0) is 14.8 Å². The van der Waals surface area contributed by atoms with Crippen LogP contribution in [0.2, 0.25) is 0 Å². The molecular formula is C23H23BrN2O3S2. The van der Waals surface area contributed by atoms with E-state index in [1.807, 2.05) is 37.3 Å². The highest BCUT2D eigenvalue weighted by molar-refractivity contribution is 9.10. The molecule has 31 heavy (non-hydrogen) atoms.